The van der Waals surface area contributed by atoms with Crippen molar-refractivity contribution in [3.63, 3.8) is 0 Å². The minimum Gasteiger partial charge on any atom is -0.492 e. The standard InChI is InChI=1S/C32H45ClN4O13S/c1-32(2,3)50-30(41)5-4-10-49-26-7-6-24(17-25(26)33)51(43,44)22-27-36-18-23(19-37-27)31(42)35-9-12-46-13-15-47-20-28(38)34-8-11-45-14-16-48-21-29(39)40/h6-7,17-19H,4-5,8-16,20-22H2,1-3H3,(H,34,38)(H,35,42)(H,39,40). The van der Waals surface area contributed by atoms with E-state index in [0.717, 1.165) is 0 Å². The molecular formula is C32H45ClN4O13S. The number of esters is 1. The van der Waals surface area contributed by atoms with Crippen LogP contribution in [0.25, 0.3) is 0 Å². The first-order chi connectivity index (χ1) is 24.2. The molecule has 0 atom stereocenters. The second-order valence-electron chi connectivity index (χ2n) is 11.6. The fourth-order valence-electron chi connectivity index (χ4n) is 3.80. The topological polar surface area (TPSA) is 228 Å². The molecule has 0 saturated carbocycles. The van der Waals surface area contributed by atoms with Crippen LogP contribution in [0.4, 0.5) is 0 Å². The average Bonchev–Trinajstić information content (AvgIpc) is 3.05. The van der Waals surface area contributed by atoms with Crippen molar-refractivity contribution in [1.82, 2.24) is 20.6 Å². The zero-order chi connectivity index (χ0) is 37.7. The third-order valence-electron chi connectivity index (χ3n) is 6.06. The summed E-state index contributed by atoms with van der Waals surface area (Å²) in [6.45, 7) is 6.47. The minimum atomic E-state index is -3.88. The summed E-state index contributed by atoms with van der Waals surface area (Å²) in [6.07, 6.45) is 2.99. The smallest absolute Gasteiger partial charge is 0.329 e. The molecule has 2 aromatic rings. The number of hydrogen-bond donors (Lipinski definition) is 3. The molecule has 51 heavy (non-hydrogen) atoms. The van der Waals surface area contributed by atoms with Gasteiger partial charge in [0.1, 0.15) is 36.1 Å². The van der Waals surface area contributed by atoms with Crippen LogP contribution in [0.1, 0.15) is 49.8 Å². The zero-order valence-electron chi connectivity index (χ0n) is 28.8. The summed E-state index contributed by atoms with van der Waals surface area (Å²) >= 11 is 6.25. The number of carbonyl (C=O) groups excluding carboxylic acids is 3. The molecule has 0 fully saturated rings. The molecule has 1 aromatic heterocycles. The summed E-state index contributed by atoms with van der Waals surface area (Å²) < 4.78 is 57.4. The van der Waals surface area contributed by atoms with Crippen LogP contribution in [-0.2, 0) is 53.7 Å². The number of nitrogens with one attached hydrogen (secondary N) is 2. The zero-order valence-corrected chi connectivity index (χ0v) is 30.4. The van der Waals surface area contributed by atoms with E-state index in [1.807, 2.05) is 0 Å². The van der Waals surface area contributed by atoms with Gasteiger partial charge in [0.25, 0.3) is 5.91 Å². The van der Waals surface area contributed by atoms with Gasteiger partial charge in [-0.1, -0.05) is 11.6 Å². The first-order valence-electron chi connectivity index (χ1n) is 15.9. The van der Waals surface area contributed by atoms with Gasteiger partial charge in [-0.15, -0.1) is 0 Å². The van der Waals surface area contributed by atoms with Crippen LogP contribution in [-0.4, -0.2) is 125 Å². The Morgan fingerprint density at radius 1 is 0.843 bits per heavy atom. The molecule has 0 saturated heterocycles. The molecule has 284 valence electrons. The van der Waals surface area contributed by atoms with Crippen LogP contribution in [0.2, 0.25) is 5.02 Å². The number of benzene rings is 1. The molecule has 2 amide bonds. The molecule has 0 unspecified atom stereocenters. The number of rotatable bonds is 25. The SMILES string of the molecule is CC(C)(C)OC(=O)CCCOc1ccc(S(=O)(=O)Cc2ncc(C(=O)NCCOCCOCC(=O)NCCOCCOCC(=O)O)cn2)cc1Cl. The lowest BCUT2D eigenvalue weighted by atomic mass is 10.2. The maximum atomic E-state index is 13.0. The summed E-state index contributed by atoms with van der Waals surface area (Å²) in [6, 6.07) is 4.05. The predicted octanol–water partition coefficient (Wildman–Crippen LogP) is 1.60. The second kappa shape index (κ2) is 22.8. The van der Waals surface area contributed by atoms with Gasteiger partial charge < -0.3 is 44.2 Å². The summed E-state index contributed by atoms with van der Waals surface area (Å²) in [7, 11) is -3.88. The van der Waals surface area contributed by atoms with Crippen molar-refractivity contribution in [3.05, 3.63) is 47.0 Å². The highest BCUT2D eigenvalue weighted by molar-refractivity contribution is 7.90. The molecule has 0 aliphatic heterocycles. The number of aromatic nitrogens is 2. The van der Waals surface area contributed by atoms with Gasteiger partial charge in [-0.2, -0.15) is 0 Å². The Balaban J connectivity index is 1.61. The van der Waals surface area contributed by atoms with Gasteiger partial charge >= 0.3 is 11.9 Å². The molecule has 3 N–H and O–H groups in total. The monoisotopic (exact) mass is 760 g/mol. The quantitative estimate of drug-likeness (QED) is 0.0965. The van der Waals surface area contributed by atoms with E-state index in [2.05, 4.69) is 20.6 Å². The predicted molar refractivity (Wildman–Crippen MR) is 181 cm³/mol. The first kappa shape index (κ1) is 43.2. The fourth-order valence-corrected chi connectivity index (χ4v) is 5.33. The lowest BCUT2D eigenvalue weighted by molar-refractivity contribution is -0.155. The third kappa shape index (κ3) is 19.3. The number of amides is 2. The highest BCUT2D eigenvalue weighted by atomic mass is 35.5. The molecule has 0 bridgehead atoms. The third-order valence-corrected chi connectivity index (χ3v) is 7.96. The molecule has 1 heterocycles. The molecule has 17 nitrogen and oxygen atoms in total. The van der Waals surface area contributed by atoms with Crippen molar-refractivity contribution in [2.75, 3.05) is 72.6 Å². The number of hydrogen-bond acceptors (Lipinski definition) is 14. The van der Waals surface area contributed by atoms with Crippen molar-refractivity contribution in [2.45, 2.75) is 49.9 Å². The number of carboxylic acids is 1. The number of carboxylic acid groups (broad SMARTS) is 1. The molecule has 19 heteroatoms. The lowest BCUT2D eigenvalue weighted by Crippen LogP contribution is -2.31. The van der Waals surface area contributed by atoms with Gasteiger partial charge in [0, 0.05) is 31.9 Å². The number of ether oxygens (including phenoxy) is 6. The highest BCUT2D eigenvalue weighted by Gasteiger charge is 2.20. The average molecular weight is 761 g/mol. The Labute approximate surface area is 301 Å². The normalized spacial score (nSPS) is 11.5. The Morgan fingerprint density at radius 3 is 2.06 bits per heavy atom. The minimum absolute atomic E-state index is 0.0180. The van der Waals surface area contributed by atoms with Crippen LogP contribution in [0.15, 0.2) is 35.5 Å². The van der Waals surface area contributed by atoms with Gasteiger partial charge in [0.15, 0.2) is 9.84 Å². The summed E-state index contributed by atoms with van der Waals surface area (Å²) in [5, 5.41) is 13.8. The number of nitrogens with zero attached hydrogens (tertiary/aromatic N) is 2. The Morgan fingerprint density at radius 2 is 1.45 bits per heavy atom. The van der Waals surface area contributed by atoms with Crippen LogP contribution in [0, 0.1) is 0 Å². The van der Waals surface area contributed by atoms with Gasteiger partial charge in [-0.3, -0.25) is 14.4 Å². The van der Waals surface area contributed by atoms with Crippen molar-refractivity contribution in [3.8, 4) is 5.75 Å². The fraction of sp³-hybridized carbons (Fsp3) is 0.562. The second-order valence-corrected chi connectivity index (χ2v) is 14.0. The van der Waals surface area contributed by atoms with E-state index in [0.29, 0.717) is 6.42 Å². The largest absolute Gasteiger partial charge is 0.492 e. The van der Waals surface area contributed by atoms with Crippen LogP contribution in [0.5, 0.6) is 5.75 Å². The van der Waals surface area contributed by atoms with Crippen molar-refractivity contribution >= 4 is 45.2 Å². The van der Waals surface area contributed by atoms with Gasteiger partial charge in [0.05, 0.1) is 61.7 Å². The van der Waals surface area contributed by atoms with E-state index < -0.39 is 39.7 Å². The Kier molecular flexibility index (Phi) is 19.3. The first-order valence-corrected chi connectivity index (χ1v) is 17.9. The van der Waals surface area contributed by atoms with E-state index >= 15 is 0 Å². The molecule has 2 rings (SSSR count). The molecule has 0 spiro atoms. The Bertz CT molecular complexity index is 1520. The number of aliphatic carboxylic acids is 1. The maximum Gasteiger partial charge on any atom is 0.329 e. The molecule has 0 radical (unpaired) electrons. The van der Waals surface area contributed by atoms with E-state index in [9.17, 15) is 27.6 Å². The van der Waals surface area contributed by atoms with Crippen LogP contribution in [0.3, 0.4) is 0 Å². The van der Waals surface area contributed by atoms with Crippen molar-refractivity contribution in [2.24, 2.45) is 0 Å². The van der Waals surface area contributed by atoms with E-state index in [4.69, 9.17) is 45.1 Å². The van der Waals surface area contributed by atoms with Crippen LogP contribution < -0.4 is 15.4 Å². The van der Waals surface area contributed by atoms with E-state index in [1.54, 1.807) is 20.8 Å². The van der Waals surface area contributed by atoms with Gasteiger partial charge in [-0.25, -0.2) is 23.2 Å². The van der Waals surface area contributed by atoms with Gasteiger partial charge in [0.2, 0.25) is 5.91 Å². The lowest BCUT2D eigenvalue weighted by Gasteiger charge is -2.19. The summed E-state index contributed by atoms with van der Waals surface area (Å²) in [5.74, 6) is -2.50. The number of sulfone groups is 1. The molecule has 0 aliphatic carbocycles. The Hall–Kier alpha value is -3.94. The van der Waals surface area contributed by atoms with Crippen LogP contribution >= 0.6 is 11.6 Å². The van der Waals surface area contributed by atoms with E-state index in [1.165, 1.54) is 30.6 Å². The summed E-state index contributed by atoms with van der Waals surface area (Å²) in [4.78, 5) is 54.2. The number of carbonyl (C=O) groups is 4. The van der Waals surface area contributed by atoms with E-state index in [-0.39, 0.29) is 111 Å². The maximum absolute atomic E-state index is 13.0. The molecule has 0 aliphatic rings. The number of halogens is 1. The van der Waals surface area contributed by atoms with Crippen molar-refractivity contribution < 1.29 is 61.1 Å². The summed E-state index contributed by atoms with van der Waals surface area (Å²) in [5.41, 5.74) is -0.450. The van der Waals surface area contributed by atoms with Crippen molar-refractivity contribution in [1.29, 1.82) is 0 Å². The molecule has 1 aromatic carbocycles. The highest BCUT2D eigenvalue weighted by Crippen LogP contribution is 2.29. The molecular weight excluding hydrogens is 716 g/mol. The van der Waals surface area contributed by atoms with Gasteiger partial charge in [-0.05, 0) is 45.4 Å².